The number of hydrogen-bond donors (Lipinski definition) is 1. The quantitative estimate of drug-likeness (QED) is 0.788. The van der Waals surface area contributed by atoms with Crippen LogP contribution in [-0.4, -0.2) is 24.5 Å². The molecule has 0 heterocycles. The van der Waals surface area contributed by atoms with Crippen LogP contribution in [0, 0.1) is 17.7 Å². The number of esters is 1. The first-order valence-electron chi connectivity index (χ1n) is 10.1. The van der Waals surface area contributed by atoms with Gasteiger partial charge >= 0.3 is 5.97 Å². The summed E-state index contributed by atoms with van der Waals surface area (Å²) in [5, 5.41) is 3.03. The second-order valence-corrected chi connectivity index (χ2v) is 8.32. The average Bonchev–Trinajstić information content (AvgIpc) is 3.15. The largest absolute Gasteiger partial charge is 0.455 e. The maximum atomic E-state index is 13.7. The van der Waals surface area contributed by atoms with Crippen molar-refractivity contribution in [2.45, 2.75) is 70.3 Å². The molecule has 1 N–H and O–H groups in total. The van der Waals surface area contributed by atoms with Crippen LogP contribution in [0.5, 0.6) is 0 Å². The highest BCUT2D eigenvalue weighted by atomic mass is 19.1. The molecule has 5 heteroatoms. The van der Waals surface area contributed by atoms with Crippen LogP contribution in [0.4, 0.5) is 4.39 Å². The van der Waals surface area contributed by atoms with Crippen LogP contribution in [0.2, 0.25) is 0 Å². The van der Waals surface area contributed by atoms with Crippen molar-refractivity contribution < 1.29 is 18.7 Å². The van der Waals surface area contributed by atoms with E-state index in [4.69, 9.17) is 4.74 Å². The Morgan fingerprint density at radius 2 is 1.93 bits per heavy atom. The van der Waals surface area contributed by atoms with Crippen LogP contribution >= 0.6 is 0 Å². The molecule has 1 aromatic rings. The van der Waals surface area contributed by atoms with Crippen LogP contribution in [0.25, 0.3) is 0 Å². The van der Waals surface area contributed by atoms with Crippen molar-refractivity contribution in [1.82, 2.24) is 5.32 Å². The molecule has 3 rings (SSSR count). The molecule has 1 aromatic carbocycles. The summed E-state index contributed by atoms with van der Waals surface area (Å²) in [6.45, 7) is 4.11. The Morgan fingerprint density at radius 3 is 2.63 bits per heavy atom. The zero-order valence-corrected chi connectivity index (χ0v) is 16.3. The molecule has 0 aliphatic heterocycles. The summed E-state index contributed by atoms with van der Waals surface area (Å²) in [6.07, 6.45) is 6.34. The smallest absolute Gasteiger partial charge is 0.317 e. The van der Waals surface area contributed by atoms with E-state index in [-0.39, 0.29) is 24.4 Å². The second kappa shape index (κ2) is 8.41. The van der Waals surface area contributed by atoms with Gasteiger partial charge in [0.2, 0.25) is 0 Å². The van der Waals surface area contributed by atoms with Gasteiger partial charge in [-0.15, -0.1) is 0 Å². The van der Waals surface area contributed by atoms with Gasteiger partial charge in [-0.2, -0.15) is 0 Å². The summed E-state index contributed by atoms with van der Waals surface area (Å²) in [5.41, 5.74) is -0.171. The Balaban J connectivity index is 1.61. The van der Waals surface area contributed by atoms with Gasteiger partial charge in [-0.05, 0) is 48.8 Å². The van der Waals surface area contributed by atoms with Gasteiger partial charge in [0.25, 0.3) is 5.91 Å². The molecule has 148 valence electrons. The van der Waals surface area contributed by atoms with Crippen molar-refractivity contribution in [3.63, 3.8) is 0 Å². The van der Waals surface area contributed by atoms with Gasteiger partial charge in [-0.1, -0.05) is 51.7 Å². The minimum atomic E-state index is -0.824. The van der Waals surface area contributed by atoms with Gasteiger partial charge in [0.1, 0.15) is 5.82 Å². The predicted molar refractivity (Wildman–Crippen MR) is 102 cm³/mol. The van der Waals surface area contributed by atoms with E-state index < -0.39 is 11.4 Å². The summed E-state index contributed by atoms with van der Waals surface area (Å²) in [5.74, 6) is -0.00886. The minimum Gasteiger partial charge on any atom is -0.455 e. The fourth-order valence-corrected chi connectivity index (χ4v) is 4.68. The van der Waals surface area contributed by atoms with Crippen LogP contribution in [0.15, 0.2) is 24.3 Å². The molecule has 2 aliphatic carbocycles. The van der Waals surface area contributed by atoms with Crippen LogP contribution in [0.1, 0.15) is 64.4 Å². The van der Waals surface area contributed by atoms with Crippen molar-refractivity contribution >= 4 is 11.9 Å². The highest BCUT2D eigenvalue weighted by molar-refractivity contribution is 5.86. The number of carbonyl (C=O) groups excluding carboxylic acids is 2. The lowest BCUT2D eigenvalue weighted by atomic mass is 9.78. The van der Waals surface area contributed by atoms with E-state index in [2.05, 4.69) is 19.2 Å². The van der Waals surface area contributed by atoms with Crippen molar-refractivity contribution in [2.75, 3.05) is 6.61 Å². The molecule has 2 fully saturated rings. The third-order valence-electron chi connectivity index (χ3n) is 6.61. The number of rotatable bonds is 5. The lowest BCUT2D eigenvalue weighted by Gasteiger charge is -2.34. The highest BCUT2D eigenvalue weighted by Crippen LogP contribution is 2.42. The topological polar surface area (TPSA) is 55.4 Å². The Morgan fingerprint density at radius 1 is 1.19 bits per heavy atom. The van der Waals surface area contributed by atoms with E-state index in [1.54, 1.807) is 12.1 Å². The molecule has 0 saturated heterocycles. The molecule has 0 radical (unpaired) electrons. The maximum absolute atomic E-state index is 13.7. The fourth-order valence-electron chi connectivity index (χ4n) is 4.68. The molecular formula is C22H30FNO3. The van der Waals surface area contributed by atoms with Crippen LogP contribution < -0.4 is 5.32 Å². The zero-order valence-electron chi connectivity index (χ0n) is 16.3. The van der Waals surface area contributed by atoms with Gasteiger partial charge in [-0.3, -0.25) is 9.59 Å². The van der Waals surface area contributed by atoms with E-state index in [9.17, 15) is 14.0 Å². The van der Waals surface area contributed by atoms with Crippen molar-refractivity contribution in [1.29, 1.82) is 0 Å². The van der Waals surface area contributed by atoms with E-state index >= 15 is 0 Å². The Kier molecular flexibility index (Phi) is 6.18. The number of benzene rings is 1. The fraction of sp³-hybridized carbons (Fsp3) is 0.636. The monoisotopic (exact) mass is 375 g/mol. The number of halogens is 1. The molecule has 1 amide bonds. The number of hydrogen-bond acceptors (Lipinski definition) is 3. The van der Waals surface area contributed by atoms with Gasteiger partial charge in [0.15, 0.2) is 6.61 Å². The highest BCUT2D eigenvalue weighted by Gasteiger charge is 2.44. The van der Waals surface area contributed by atoms with Crippen molar-refractivity contribution in [3.8, 4) is 0 Å². The molecule has 2 aliphatic rings. The van der Waals surface area contributed by atoms with Gasteiger partial charge in [0, 0.05) is 6.04 Å². The normalized spacial score (nSPS) is 27.1. The number of amides is 1. The Labute approximate surface area is 160 Å². The second-order valence-electron chi connectivity index (χ2n) is 8.32. The standard InChI is InChI=1S/C22H30FNO3/c1-15-7-5-10-19(16(15)2)24-20(25)14-27-21(26)22(11-3-4-12-22)17-8-6-9-18(23)13-17/h6,8-9,13,15-16,19H,3-5,7,10-12,14H2,1-2H3,(H,24,25). The lowest BCUT2D eigenvalue weighted by Crippen LogP contribution is -2.46. The molecular weight excluding hydrogens is 345 g/mol. The maximum Gasteiger partial charge on any atom is 0.317 e. The molecule has 3 unspecified atom stereocenters. The first kappa shape index (κ1) is 19.8. The van der Waals surface area contributed by atoms with E-state index in [0.717, 1.165) is 25.7 Å². The summed E-state index contributed by atoms with van der Waals surface area (Å²) in [7, 11) is 0. The van der Waals surface area contributed by atoms with Crippen molar-refractivity contribution in [3.05, 3.63) is 35.6 Å². The third kappa shape index (κ3) is 4.33. The molecule has 4 nitrogen and oxygen atoms in total. The number of nitrogens with one attached hydrogen (secondary N) is 1. The van der Waals surface area contributed by atoms with Crippen LogP contribution in [0.3, 0.4) is 0 Å². The molecule has 2 saturated carbocycles. The van der Waals surface area contributed by atoms with Crippen LogP contribution in [-0.2, 0) is 19.7 Å². The van der Waals surface area contributed by atoms with Gasteiger partial charge in [-0.25, -0.2) is 4.39 Å². The molecule has 0 aromatic heterocycles. The van der Waals surface area contributed by atoms with E-state index in [1.165, 1.54) is 18.6 Å². The number of carbonyl (C=O) groups is 2. The first-order chi connectivity index (χ1) is 12.9. The Bertz CT molecular complexity index is 684. The predicted octanol–water partition coefficient (Wildman–Crippen LogP) is 4.12. The SMILES string of the molecule is CC1CCCC(NC(=O)COC(=O)C2(c3cccc(F)c3)CCCC2)C1C. The summed E-state index contributed by atoms with van der Waals surface area (Å²) >= 11 is 0. The summed E-state index contributed by atoms with van der Waals surface area (Å²) in [4.78, 5) is 25.2. The summed E-state index contributed by atoms with van der Waals surface area (Å²) < 4.78 is 19.1. The van der Waals surface area contributed by atoms with Gasteiger partial charge < -0.3 is 10.1 Å². The van der Waals surface area contributed by atoms with E-state index in [1.807, 2.05) is 0 Å². The number of ether oxygens (including phenoxy) is 1. The third-order valence-corrected chi connectivity index (χ3v) is 6.61. The van der Waals surface area contributed by atoms with Gasteiger partial charge in [0.05, 0.1) is 5.41 Å². The average molecular weight is 375 g/mol. The molecule has 3 atom stereocenters. The molecule has 0 bridgehead atoms. The first-order valence-corrected chi connectivity index (χ1v) is 10.1. The lowest BCUT2D eigenvalue weighted by molar-refractivity contribution is -0.154. The zero-order chi connectivity index (χ0) is 19.4. The summed E-state index contributed by atoms with van der Waals surface area (Å²) in [6, 6.07) is 6.33. The van der Waals surface area contributed by atoms with Crippen molar-refractivity contribution in [2.24, 2.45) is 11.8 Å². The van der Waals surface area contributed by atoms with E-state index in [0.29, 0.717) is 30.2 Å². The molecule has 27 heavy (non-hydrogen) atoms. The molecule has 0 spiro atoms. The minimum absolute atomic E-state index is 0.142. The Hall–Kier alpha value is -1.91.